The lowest BCUT2D eigenvalue weighted by molar-refractivity contribution is -0.121. The second kappa shape index (κ2) is 8.19. The Kier molecular flexibility index (Phi) is 5.58. The molecular formula is C25H28N2O4. The second-order valence-corrected chi connectivity index (χ2v) is 8.38. The zero-order chi connectivity index (χ0) is 22.3. The maximum Gasteiger partial charge on any atom is 0.282 e. The van der Waals surface area contributed by atoms with E-state index < -0.39 is 0 Å². The third-order valence-electron chi connectivity index (χ3n) is 5.64. The summed E-state index contributed by atoms with van der Waals surface area (Å²) in [6, 6.07) is 13.1. The molecule has 2 amide bonds. The van der Waals surface area contributed by atoms with Crippen molar-refractivity contribution in [1.29, 1.82) is 0 Å². The molecule has 4 rings (SSSR count). The molecule has 0 aliphatic carbocycles. The normalized spacial score (nSPS) is 21.8. The molecule has 0 N–H and O–H groups in total. The van der Waals surface area contributed by atoms with Crippen LogP contribution in [0.2, 0.25) is 0 Å². The average molecular weight is 421 g/mol. The fourth-order valence-corrected chi connectivity index (χ4v) is 4.58. The highest BCUT2D eigenvalue weighted by Crippen LogP contribution is 2.39. The van der Waals surface area contributed by atoms with E-state index in [9.17, 15) is 9.59 Å². The molecule has 0 aromatic heterocycles. The monoisotopic (exact) mass is 420 g/mol. The van der Waals surface area contributed by atoms with Crippen molar-refractivity contribution in [2.45, 2.75) is 39.9 Å². The van der Waals surface area contributed by atoms with Crippen molar-refractivity contribution in [3.05, 3.63) is 64.9 Å². The fraction of sp³-hybridized carbons (Fsp3) is 0.360. The van der Waals surface area contributed by atoms with E-state index in [1.807, 2.05) is 75.1 Å². The van der Waals surface area contributed by atoms with Gasteiger partial charge in [0.2, 0.25) is 0 Å². The molecule has 2 unspecified atom stereocenters. The number of aryl methyl sites for hydroxylation is 2. The number of carbonyl (C=O) groups is 2. The van der Waals surface area contributed by atoms with Crippen molar-refractivity contribution in [2.75, 3.05) is 25.1 Å². The summed E-state index contributed by atoms with van der Waals surface area (Å²) in [6.45, 7) is 8.96. The van der Waals surface area contributed by atoms with Crippen LogP contribution in [0.25, 0.3) is 5.57 Å². The van der Waals surface area contributed by atoms with Crippen LogP contribution in [0.4, 0.5) is 5.69 Å². The minimum atomic E-state index is -0.332. The van der Waals surface area contributed by atoms with Crippen LogP contribution in [0, 0.1) is 13.8 Å². The van der Waals surface area contributed by atoms with Crippen LogP contribution in [0.3, 0.4) is 0 Å². The van der Waals surface area contributed by atoms with Gasteiger partial charge in [0.15, 0.2) is 0 Å². The Bertz CT molecular complexity index is 1040. The SMILES string of the molecule is COc1ccccc1C1=C(N2CC(C)OC(C)C2)C(=O)N(c2cc(C)cc(C)c2)C1=O. The number of imide groups is 1. The number of hydrogen-bond acceptors (Lipinski definition) is 5. The largest absolute Gasteiger partial charge is 0.496 e. The molecular weight excluding hydrogens is 392 g/mol. The summed E-state index contributed by atoms with van der Waals surface area (Å²) >= 11 is 0. The van der Waals surface area contributed by atoms with Crippen LogP contribution in [0.1, 0.15) is 30.5 Å². The van der Waals surface area contributed by atoms with Crippen molar-refractivity contribution in [3.63, 3.8) is 0 Å². The molecule has 2 aromatic rings. The number of ether oxygens (including phenoxy) is 2. The number of rotatable bonds is 4. The Hall–Kier alpha value is -3.12. The molecule has 162 valence electrons. The van der Waals surface area contributed by atoms with E-state index in [1.165, 1.54) is 4.90 Å². The first-order chi connectivity index (χ1) is 14.8. The van der Waals surface area contributed by atoms with E-state index >= 15 is 0 Å². The van der Waals surface area contributed by atoms with Gasteiger partial charge in [-0.25, -0.2) is 4.90 Å². The number of benzene rings is 2. The van der Waals surface area contributed by atoms with E-state index in [0.717, 1.165) is 11.1 Å². The van der Waals surface area contributed by atoms with Crippen molar-refractivity contribution < 1.29 is 19.1 Å². The predicted molar refractivity (Wildman–Crippen MR) is 120 cm³/mol. The number of anilines is 1. The zero-order valence-corrected chi connectivity index (χ0v) is 18.6. The quantitative estimate of drug-likeness (QED) is 0.706. The van der Waals surface area contributed by atoms with Crippen molar-refractivity contribution in [2.24, 2.45) is 0 Å². The van der Waals surface area contributed by atoms with Gasteiger partial charge in [-0.2, -0.15) is 0 Å². The van der Waals surface area contributed by atoms with E-state index in [4.69, 9.17) is 9.47 Å². The summed E-state index contributed by atoms with van der Waals surface area (Å²) in [5.41, 5.74) is 3.99. The van der Waals surface area contributed by atoms with Gasteiger partial charge in [0.1, 0.15) is 11.4 Å². The molecule has 2 aliphatic heterocycles. The number of para-hydroxylation sites is 1. The molecule has 2 heterocycles. The Labute approximate surface area is 183 Å². The lowest BCUT2D eigenvalue weighted by Crippen LogP contribution is -2.47. The predicted octanol–water partition coefficient (Wildman–Crippen LogP) is 3.71. The first-order valence-corrected chi connectivity index (χ1v) is 10.5. The van der Waals surface area contributed by atoms with Gasteiger partial charge in [-0.15, -0.1) is 0 Å². The number of nitrogens with zero attached hydrogens (tertiary/aromatic N) is 2. The van der Waals surface area contributed by atoms with Gasteiger partial charge in [-0.3, -0.25) is 9.59 Å². The van der Waals surface area contributed by atoms with Crippen molar-refractivity contribution >= 4 is 23.1 Å². The number of carbonyl (C=O) groups excluding carboxylic acids is 2. The summed E-state index contributed by atoms with van der Waals surface area (Å²) in [6.07, 6.45) is -0.0957. The molecule has 2 aromatic carbocycles. The van der Waals surface area contributed by atoms with Crippen LogP contribution < -0.4 is 9.64 Å². The molecule has 1 saturated heterocycles. The highest BCUT2D eigenvalue weighted by Gasteiger charge is 2.44. The number of morpholine rings is 1. The lowest BCUT2D eigenvalue weighted by atomic mass is 10.0. The van der Waals surface area contributed by atoms with E-state index in [1.54, 1.807) is 7.11 Å². The average Bonchev–Trinajstić information content (AvgIpc) is 2.96. The molecule has 31 heavy (non-hydrogen) atoms. The molecule has 6 heteroatoms. The van der Waals surface area contributed by atoms with Gasteiger partial charge in [0.25, 0.3) is 11.8 Å². The fourth-order valence-electron chi connectivity index (χ4n) is 4.58. The summed E-state index contributed by atoms with van der Waals surface area (Å²) in [5, 5.41) is 0. The minimum Gasteiger partial charge on any atom is -0.496 e. The van der Waals surface area contributed by atoms with Gasteiger partial charge in [-0.05, 0) is 57.0 Å². The van der Waals surface area contributed by atoms with Gasteiger partial charge < -0.3 is 14.4 Å². The molecule has 2 aliphatic rings. The Morgan fingerprint density at radius 3 is 2.16 bits per heavy atom. The molecule has 2 atom stereocenters. The topological polar surface area (TPSA) is 59.1 Å². The maximum atomic E-state index is 13.8. The molecule has 6 nitrogen and oxygen atoms in total. The number of hydrogen-bond donors (Lipinski definition) is 0. The van der Waals surface area contributed by atoms with Crippen molar-refractivity contribution in [3.8, 4) is 5.75 Å². The smallest absolute Gasteiger partial charge is 0.282 e. The van der Waals surface area contributed by atoms with Crippen LogP contribution >= 0.6 is 0 Å². The maximum absolute atomic E-state index is 13.8. The first kappa shape index (κ1) is 21.1. The second-order valence-electron chi connectivity index (χ2n) is 8.38. The Morgan fingerprint density at radius 2 is 1.55 bits per heavy atom. The third kappa shape index (κ3) is 3.83. The van der Waals surface area contributed by atoms with Gasteiger partial charge >= 0.3 is 0 Å². The minimum absolute atomic E-state index is 0.0478. The summed E-state index contributed by atoms with van der Waals surface area (Å²) in [5.74, 6) is -0.0775. The van der Waals surface area contributed by atoms with E-state index in [2.05, 4.69) is 0 Å². The van der Waals surface area contributed by atoms with Gasteiger partial charge in [0, 0.05) is 18.7 Å². The zero-order valence-electron chi connectivity index (χ0n) is 18.6. The Balaban J connectivity index is 1.89. The number of amides is 2. The first-order valence-electron chi connectivity index (χ1n) is 10.5. The molecule has 1 fully saturated rings. The summed E-state index contributed by atoms with van der Waals surface area (Å²) < 4.78 is 11.4. The number of methoxy groups -OCH3 is 1. The van der Waals surface area contributed by atoms with Crippen LogP contribution in [-0.2, 0) is 14.3 Å². The molecule has 0 radical (unpaired) electrons. The third-order valence-corrected chi connectivity index (χ3v) is 5.64. The molecule has 0 bridgehead atoms. The van der Waals surface area contributed by atoms with E-state index in [-0.39, 0.29) is 24.0 Å². The van der Waals surface area contributed by atoms with Gasteiger partial charge in [0.05, 0.1) is 30.6 Å². The summed E-state index contributed by atoms with van der Waals surface area (Å²) in [7, 11) is 1.57. The van der Waals surface area contributed by atoms with Crippen molar-refractivity contribution in [1.82, 2.24) is 4.90 Å². The van der Waals surface area contributed by atoms with Crippen LogP contribution in [0.5, 0.6) is 5.75 Å². The molecule has 0 spiro atoms. The Morgan fingerprint density at radius 1 is 0.935 bits per heavy atom. The highest BCUT2D eigenvalue weighted by atomic mass is 16.5. The molecule has 0 saturated carbocycles. The summed E-state index contributed by atoms with van der Waals surface area (Å²) in [4.78, 5) is 30.8. The lowest BCUT2D eigenvalue weighted by Gasteiger charge is -2.37. The van der Waals surface area contributed by atoms with Crippen LogP contribution in [0.15, 0.2) is 48.2 Å². The standard InChI is InChI=1S/C25H28N2O4/c1-15-10-16(2)12-19(11-15)27-24(28)22(20-8-6-7-9-21(20)30-5)23(25(27)29)26-13-17(3)31-18(4)14-26/h6-12,17-18H,13-14H2,1-5H3. The van der Waals surface area contributed by atoms with Gasteiger partial charge in [-0.1, -0.05) is 24.3 Å². The van der Waals surface area contributed by atoms with E-state index in [0.29, 0.717) is 41.4 Å². The highest BCUT2D eigenvalue weighted by molar-refractivity contribution is 6.45. The van der Waals surface area contributed by atoms with Crippen LogP contribution in [-0.4, -0.2) is 49.1 Å².